The van der Waals surface area contributed by atoms with Crippen LogP contribution >= 0.6 is 23.5 Å². The topological polar surface area (TPSA) is 133 Å². The molecule has 0 unspecified atom stereocenters. The van der Waals surface area contributed by atoms with E-state index in [4.69, 9.17) is 29.6 Å². The van der Waals surface area contributed by atoms with Gasteiger partial charge < -0.3 is 29.5 Å². The molecule has 0 aliphatic rings. The Morgan fingerprint density at radius 2 is 0.472 bits per heavy atom. The van der Waals surface area contributed by atoms with Gasteiger partial charge >= 0.3 is 0 Å². The van der Waals surface area contributed by atoms with E-state index in [1.807, 2.05) is 58.9 Å². The molecule has 0 atom stereocenters. The van der Waals surface area contributed by atoms with E-state index < -0.39 is 49.0 Å². The van der Waals surface area contributed by atoms with Crippen molar-refractivity contribution in [3.63, 3.8) is 0 Å². The first-order valence-electron chi connectivity index (χ1n) is 10.3. The Morgan fingerprint density at radius 3 is 0.472 bits per heavy atom. The predicted octanol–water partition coefficient (Wildman–Crippen LogP) is 8.49. The molecule has 0 aromatic rings. The highest BCUT2D eigenvalue weighted by atomic mass is 35.6. The van der Waals surface area contributed by atoms with Gasteiger partial charge in [0, 0.05) is 0 Å². The number of hydrogen-bond donors (Lipinski definition) is 3. The molecular weight excluding hydrogens is 600 g/mol. The van der Waals surface area contributed by atoms with Gasteiger partial charge in [0.25, 0.3) is 0 Å². The van der Waals surface area contributed by atoms with Gasteiger partial charge in [-0.1, -0.05) is 49.3 Å². The third-order valence-corrected chi connectivity index (χ3v) is 5.51. The first-order chi connectivity index (χ1) is 11.7. The highest BCUT2D eigenvalue weighted by molar-refractivity contribution is 7.18. The smallest absolute Gasteiger partial charge is 0.179 e. The standard InChI is InChI=1S/C6H18OSi2.C3H9ClSi.3C3H10OSi.4CH4.ClH.2H2O/c1-8(2,3)7-9(4,5)6;4*1-5(2,3)4;;;;;;;/h1-6H3;1-3H3;3*4H,1-3H3;4*1H4;1H;2*1H2. The van der Waals surface area contributed by atoms with E-state index in [9.17, 15) is 0 Å². The number of hydrogen-bond acceptors (Lipinski definition) is 4. The third kappa shape index (κ3) is 732. The molecule has 36 heavy (non-hydrogen) atoms. The maximum absolute atomic E-state index is 8.66. The molecule has 240 valence electrons. The van der Waals surface area contributed by atoms with Crippen molar-refractivity contribution in [2.24, 2.45) is 0 Å². The lowest BCUT2D eigenvalue weighted by atomic mass is 11.8. The van der Waals surface area contributed by atoms with Crippen LogP contribution in [0.1, 0.15) is 29.7 Å². The van der Waals surface area contributed by atoms with E-state index in [0.29, 0.717) is 0 Å². The third-order valence-electron chi connectivity index (χ3n) is 0.612. The van der Waals surface area contributed by atoms with Crippen LogP contribution in [0.25, 0.3) is 0 Å². The molecule has 0 rings (SSSR count). The number of rotatable bonds is 2. The van der Waals surface area contributed by atoms with Gasteiger partial charge in [0.15, 0.2) is 41.6 Å². The zero-order valence-electron chi connectivity index (χ0n) is 24.5. The molecule has 0 radical (unpaired) electrons. The summed E-state index contributed by atoms with van der Waals surface area (Å²) >= 11 is 5.67. The molecule has 0 aliphatic carbocycles. The van der Waals surface area contributed by atoms with Crippen molar-refractivity contribution in [2.75, 3.05) is 0 Å². The molecule has 0 aromatic heterocycles. The highest BCUT2D eigenvalue weighted by Gasteiger charge is 2.24. The second-order valence-electron chi connectivity index (χ2n) is 12.9. The van der Waals surface area contributed by atoms with Crippen molar-refractivity contribution < 1.29 is 29.5 Å². The lowest BCUT2D eigenvalue weighted by Gasteiger charge is -2.27. The lowest BCUT2D eigenvalue weighted by molar-refractivity contribution is 0.558. The number of halogens is 2. The van der Waals surface area contributed by atoms with Crippen LogP contribution in [-0.2, 0) is 4.12 Å². The van der Waals surface area contributed by atoms with Gasteiger partial charge in [-0.2, -0.15) is 11.1 Å². The molecule has 0 saturated carbocycles. The second-order valence-corrected chi connectivity index (χ2v) is 42.7. The molecule has 0 bridgehead atoms. The van der Waals surface area contributed by atoms with Crippen LogP contribution in [0.15, 0.2) is 0 Å². The van der Waals surface area contributed by atoms with E-state index in [1.54, 1.807) is 0 Å². The van der Waals surface area contributed by atoms with E-state index in [0.717, 1.165) is 0 Å². The summed E-state index contributed by atoms with van der Waals surface area (Å²) in [6.07, 6.45) is 0. The van der Waals surface area contributed by atoms with Gasteiger partial charge in [0.1, 0.15) is 7.38 Å². The van der Waals surface area contributed by atoms with Crippen LogP contribution in [0, 0.1) is 0 Å². The predicted molar refractivity (Wildman–Crippen MR) is 195 cm³/mol. The largest absolute Gasteiger partial charge is 0.456 e. The van der Waals surface area contributed by atoms with Crippen molar-refractivity contribution in [3.05, 3.63) is 0 Å². The van der Waals surface area contributed by atoms with E-state index in [-0.39, 0.29) is 53.1 Å². The van der Waals surface area contributed by atoms with Gasteiger partial charge in [0.2, 0.25) is 0 Å². The van der Waals surface area contributed by atoms with Gasteiger partial charge in [-0.3, -0.25) is 0 Å². The Morgan fingerprint density at radius 1 is 0.417 bits per heavy atom. The average molecular weight is 678 g/mol. The van der Waals surface area contributed by atoms with Gasteiger partial charge in [-0.25, -0.2) is 0 Å². The summed E-state index contributed by atoms with van der Waals surface area (Å²) in [5, 5.41) is 0. The Kier molecular flexibility index (Phi) is 66.6. The fraction of sp³-hybridized carbons (Fsp3) is 1.00. The van der Waals surface area contributed by atoms with E-state index in [1.165, 1.54) is 0 Å². The van der Waals surface area contributed by atoms with Crippen molar-refractivity contribution in [1.29, 1.82) is 0 Å². The molecular formula is C22H78Cl2O6Si6. The Hall–Kier alpha value is 1.64. The second kappa shape index (κ2) is 31.2. The van der Waals surface area contributed by atoms with E-state index in [2.05, 4.69) is 58.9 Å². The van der Waals surface area contributed by atoms with Crippen LogP contribution < -0.4 is 0 Å². The first-order valence-corrected chi connectivity index (χ1v) is 31.9. The lowest BCUT2D eigenvalue weighted by Crippen LogP contribution is -2.39. The van der Waals surface area contributed by atoms with Crippen LogP contribution in [0.4, 0.5) is 0 Å². The van der Waals surface area contributed by atoms with Crippen molar-refractivity contribution in [2.45, 2.75) is 148 Å². The summed E-state index contributed by atoms with van der Waals surface area (Å²) in [5.41, 5.74) is 0. The first kappa shape index (κ1) is 76.9. The Balaban J connectivity index is -0.0000000195. The zero-order valence-corrected chi connectivity index (χ0v) is 32.1. The van der Waals surface area contributed by atoms with E-state index >= 15 is 0 Å². The summed E-state index contributed by atoms with van der Waals surface area (Å²) in [6.45, 7) is 36.7. The SMILES string of the molecule is C.C.C.C.C[Si](C)(C)Cl.C[Si](C)(C)O.C[Si](C)(C)O.C[Si](C)(C)O.C[Si](C)(C)O[Si](C)(C)C.Cl.O.O. The molecule has 6 nitrogen and oxygen atoms in total. The summed E-state index contributed by atoms with van der Waals surface area (Å²) in [4.78, 5) is 26.0. The molecule has 0 aliphatic heterocycles. The fourth-order valence-corrected chi connectivity index (χ4v) is 8.27. The maximum Gasteiger partial charge on any atom is 0.179 e. The van der Waals surface area contributed by atoms with Gasteiger partial charge in [-0.15, -0.1) is 12.4 Å². The van der Waals surface area contributed by atoms with Crippen LogP contribution in [-0.4, -0.2) is 74.3 Å². The van der Waals surface area contributed by atoms with Crippen molar-refractivity contribution >= 4 is 72.5 Å². The maximum atomic E-state index is 8.66. The quantitative estimate of drug-likeness (QED) is 0.200. The molecule has 14 heteroatoms. The monoisotopic (exact) mass is 676 g/mol. The summed E-state index contributed by atoms with van der Waals surface area (Å²) in [5.74, 6) is 0. The van der Waals surface area contributed by atoms with Crippen LogP contribution in [0.5, 0.6) is 0 Å². The minimum absolute atomic E-state index is 0. The van der Waals surface area contributed by atoms with Crippen LogP contribution in [0.2, 0.25) is 118 Å². The van der Waals surface area contributed by atoms with Crippen molar-refractivity contribution in [3.8, 4) is 0 Å². The molecule has 0 aromatic carbocycles. The van der Waals surface area contributed by atoms with Crippen LogP contribution in [0.3, 0.4) is 0 Å². The zero-order chi connectivity index (χ0) is 25.7. The molecule has 0 amide bonds. The van der Waals surface area contributed by atoms with Gasteiger partial charge in [-0.05, 0) is 98.2 Å². The summed E-state index contributed by atoms with van der Waals surface area (Å²) < 4.78 is 5.90. The average Bonchev–Trinajstić information content (AvgIpc) is 1.94. The minimum atomic E-state index is -1.61. The Labute approximate surface area is 248 Å². The Bertz CT molecular complexity index is 299. The van der Waals surface area contributed by atoms with Gasteiger partial charge in [0.05, 0.1) is 0 Å². The molecule has 0 heterocycles. The minimum Gasteiger partial charge on any atom is -0.456 e. The molecule has 0 fully saturated rings. The fourth-order valence-electron chi connectivity index (χ4n) is 0.919. The molecule has 0 spiro atoms. The summed E-state index contributed by atoms with van der Waals surface area (Å²) in [6, 6.07) is 0. The van der Waals surface area contributed by atoms with Crippen molar-refractivity contribution in [1.82, 2.24) is 0 Å². The highest BCUT2D eigenvalue weighted by Crippen LogP contribution is 2.12. The normalized spacial score (nSPS) is 10.2. The summed E-state index contributed by atoms with van der Waals surface area (Å²) in [7, 11) is -8.43. The molecule has 7 N–H and O–H groups in total. The molecule has 0 saturated heterocycles.